The molecule has 2 heterocycles. The van der Waals surface area contributed by atoms with Crippen LogP contribution in [0.4, 0.5) is 4.39 Å². The highest BCUT2D eigenvalue weighted by molar-refractivity contribution is 5.40. The van der Waals surface area contributed by atoms with Crippen molar-refractivity contribution >= 4 is 0 Å². The molecule has 0 aliphatic carbocycles. The van der Waals surface area contributed by atoms with Gasteiger partial charge in [0, 0.05) is 18.9 Å². The molecule has 2 aromatic rings. The average Bonchev–Trinajstić information content (AvgIpc) is 3.09. The first kappa shape index (κ1) is 16.1. The monoisotopic (exact) mass is 319 g/mol. The van der Waals surface area contributed by atoms with E-state index >= 15 is 0 Å². The topological polar surface area (TPSA) is 61.5 Å². The molecule has 0 bridgehead atoms. The van der Waals surface area contributed by atoms with Crippen molar-refractivity contribution in [3.63, 3.8) is 0 Å². The van der Waals surface area contributed by atoms with Gasteiger partial charge in [0.15, 0.2) is 0 Å². The van der Waals surface area contributed by atoms with E-state index in [1.54, 1.807) is 23.0 Å². The van der Waals surface area contributed by atoms with Crippen LogP contribution in [0, 0.1) is 11.7 Å². The van der Waals surface area contributed by atoms with Gasteiger partial charge in [-0.05, 0) is 61.7 Å². The first-order valence-electron chi connectivity index (χ1n) is 7.97. The molecule has 1 aromatic carbocycles. The van der Waals surface area contributed by atoms with Crippen molar-refractivity contribution in [3.8, 4) is 5.69 Å². The maximum Gasteiger partial charge on any atom is 0.123 e. The van der Waals surface area contributed by atoms with Crippen LogP contribution >= 0.6 is 0 Å². The molecule has 1 aliphatic heterocycles. The minimum absolute atomic E-state index is 0.148. The van der Waals surface area contributed by atoms with Gasteiger partial charge in [0.1, 0.15) is 5.82 Å². The molecule has 124 valence electrons. The van der Waals surface area contributed by atoms with E-state index in [2.05, 4.69) is 10.00 Å². The molecular weight excluding hydrogens is 297 g/mol. The van der Waals surface area contributed by atoms with E-state index in [4.69, 9.17) is 5.11 Å². The molecule has 23 heavy (non-hydrogen) atoms. The van der Waals surface area contributed by atoms with E-state index < -0.39 is 6.10 Å². The van der Waals surface area contributed by atoms with Crippen LogP contribution in [0.2, 0.25) is 0 Å². The van der Waals surface area contributed by atoms with Gasteiger partial charge in [-0.2, -0.15) is 5.10 Å². The van der Waals surface area contributed by atoms with Crippen molar-refractivity contribution in [1.82, 2.24) is 14.7 Å². The van der Waals surface area contributed by atoms with Crippen LogP contribution in [0.15, 0.2) is 36.7 Å². The molecule has 0 spiro atoms. The molecular formula is C17H22FN3O2. The highest BCUT2D eigenvalue weighted by Crippen LogP contribution is 2.24. The highest BCUT2D eigenvalue weighted by Gasteiger charge is 2.25. The quantitative estimate of drug-likeness (QED) is 0.878. The summed E-state index contributed by atoms with van der Waals surface area (Å²) in [5, 5.41) is 23.0. The standard InChI is InChI=1S/C17H22FN3O2/c18-15-2-3-16(21-7-1-6-19-21)14(10-15)11-20-8-4-13(5-9-20)17(23)12-22/h1-3,6-7,10,13,17,22-23H,4-5,8-9,11-12H2. The molecule has 1 atom stereocenters. The Bertz CT molecular complexity index is 625. The average molecular weight is 319 g/mol. The Labute approximate surface area is 135 Å². The van der Waals surface area contributed by atoms with Gasteiger partial charge in [0.2, 0.25) is 0 Å². The summed E-state index contributed by atoms with van der Waals surface area (Å²) >= 11 is 0. The summed E-state index contributed by atoms with van der Waals surface area (Å²) in [4.78, 5) is 2.25. The summed E-state index contributed by atoms with van der Waals surface area (Å²) in [7, 11) is 0. The molecule has 2 N–H and O–H groups in total. The predicted octanol–water partition coefficient (Wildman–Crippen LogP) is 1.58. The second kappa shape index (κ2) is 7.21. The lowest BCUT2D eigenvalue weighted by Gasteiger charge is -2.34. The Morgan fingerprint density at radius 2 is 2.09 bits per heavy atom. The maximum absolute atomic E-state index is 13.6. The van der Waals surface area contributed by atoms with Crippen molar-refractivity contribution in [2.24, 2.45) is 5.92 Å². The number of aromatic nitrogens is 2. The number of hydrogen-bond donors (Lipinski definition) is 2. The summed E-state index contributed by atoms with van der Waals surface area (Å²) < 4.78 is 15.4. The van der Waals surface area contributed by atoms with Crippen molar-refractivity contribution < 1.29 is 14.6 Å². The molecule has 0 saturated carbocycles. The van der Waals surface area contributed by atoms with Crippen molar-refractivity contribution in [1.29, 1.82) is 0 Å². The van der Waals surface area contributed by atoms with Crippen molar-refractivity contribution in [3.05, 3.63) is 48.0 Å². The number of halogens is 1. The SMILES string of the molecule is OCC(O)C1CCN(Cc2cc(F)ccc2-n2cccn2)CC1. The summed E-state index contributed by atoms with van der Waals surface area (Å²) in [5.41, 5.74) is 1.78. The van der Waals surface area contributed by atoms with Gasteiger partial charge in [-0.1, -0.05) is 0 Å². The van der Waals surface area contributed by atoms with Gasteiger partial charge >= 0.3 is 0 Å². The van der Waals surface area contributed by atoms with Gasteiger partial charge in [-0.15, -0.1) is 0 Å². The highest BCUT2D eigenvalue weighted by atomic mass is 19.1. The molecule has 1 saturated heterocycles. The van der Waals surface area contributed by atoms with E-state index in [1.807, 2.05) is 12.3 Å². The Kier molecular flexibility index (Phi) is 5.05. The van der Waals surface area contributed by atoms with Gasteiger partial charge < -0.3 is 10.2 Å². The van der Waals surface area contributed by atoms with E-state index in [9.17, 15) is 9.50 Å². The molecule has 0 radical (unpaired) electrons. The molecule has 1 aromatic heterocycles. The van der Waals surface area contributed by atoms with Crippen LogP contribution in [-0.2, 0) is 6.54 Å². The van der Waals surface area contributed by atoms with Crippen LogP contribution in [0.3, 0.4) is 0 Å². The fourth-order valence-electron chi connectivity index (χ4n) is 3.20. The second-order valence-corrected chi connectivity index (χ2v) is 6.09. The van der Waals surface area contributed by atoms with Crippen molar-refractivity contribution in [2.45, 2.75) is 25.5 Å². The lowest BCUT2D eigenvalue weighted by Crippen LogP contribution is -2.38. The molecule has 5 nitrogen and oxygen atoms in total. The van der Waals surface area contributed by atoms with Gasteiger partial charge in [0.25, 0.3) is 0 Å². The second-order valence-electron chi connectivity index (χ2n) is 6.09. The first-order chi connectivity index (χ1) is 11.2. The van der Waals surface area contributed by atoms with E-state index in [-0.39, 0.29) is 18.3 Å². The molecule has 1 fully saturated rings. The third kappa shape index (κ3) is 3.77. The minimum Gasteiger partial charge on any atom is -0.394 e. The Balaban J connectivity index is 1.70. The zero-order valence-corrected chi connectivity index (χ0v) is 13.0. The van der Waals surface area contributed by atoms with Crippen LogP contribution in [0.25, 0.3) is 5.69 Å². The van der Waals surface area contributed by atoms with Crippen molar-refractivity contribution in [2.75, 3.05) is 19.7 Å². The molecule has 0 amide bonds. The Morgan fingerprint density at radius 1 is 1.30 bits per heavy atom. The lowest BCUT2D eigenvalue weighted by atomic mass is 9.91. The lowest BCUT2D eigenvalue weighted by molar-refractivity contribution is 0.0172. The van der Waals surface area contributed by atoms with Gasteiger partial charge in [-0.3, -0.25) is 4.90 Å². The third-order valence-electron chi connectivity index (χ3n) is 4.55. The zero-order valence-electron chi connectivity index (χ0n) is 13.0. The minimum atomic E-state index is -0.633. The Morgan fingerprint density at radius 3 is 2.74 bits per heavy atom. The number of benzene rings is 1. The van der Waals surface area contributed by atoms with Gasteiger partial charge in [0.05, 0.1) is 18.4 Å². The number of piperidine rings is 1. The summed E-state index contributed by atoms with van der Waals surface area (Å²) in [6.07, 6.45) is 4.60. The van der Waals surface area contributed by atoms with E-state index in [0.29, 0.717) is 6.54 Å². The number of nitrogens with zero attached hydrogens (tertiary/aromatic N) is 3. The maximum atomic E-state index is 13.6. The zero-order chi connectivity index (χ0) is 16.2. The molecule has 3 rings (SSSR count). The summed E-state index contributed by atoms with van der Waals surface area (Å²) in [5.74, 6) is -0.101. The van der Waals surface area contributed by atoms with E-state index in [0.717, 1.165) is 37.2 Å². The fraction of sp³-hybridized carbons (Fsp3) is 0.471. The van der Waals surface area contributed by atoms with Crippen LogP contribution in [0.1, 0.15) is 18.4 Å². The van der Waals surface area contributed by atoms with Gasteiger partial charge in [-0.25, -0.2) is 9.07 Å². The molecule has 1 unspecified atom stereocenters. The number of hydrogen-bond acceptors (Lipinski definition) is 4. The van der Waals surface area contributed by atoms with E-state index in [1.165, 1.54) is 6.07 Å². The smallest absolute Gasteiger partial charge is 0.123 e. The largest absolute Gasteiger partial charge is 0.394 e. The molecule has 6 heteroatoms. The number of rotatable bonds is 5. The van der Waals surface area contributed by atoms with Crippen LogP contribution in [-0.4, -0.2) is 50.7 Å². The number of likely N-dealkylation sites (tertiary alicyclic amines) is 1. The normalized spacial score (nSPS) is 18.2. The molecule has 1 aliphatic rings. The summed E-state index contributed by atoms with van der Waals surface area (Å²) in [6, 6.07) is 6.60. The fourth-order valence-corrected chi connectivity index (χ4v) is 3.20. The predicted molar refractivity (Wildman–Crippen MR) is 84.6 cm³/mol. The number of aliphatic hydroxyl groups excluding tert-OH is 2. The van der Waals surface area contributed by atoms with Crippen LogP contribution < -0.4 is 0 Å². The number of aliphatic hydroxyl groups is 2. The first-order valence-corrected chi connectivity index (χ1v) is 7.97. The Hall–Kier alpha value is -1.76. The van der Waals surface area contributed by atoms with Crippen LogP contribution in [0.5, 0.6) is 0 Å². The third-order valence-corrected chi connectivity index (χ3v) is 4.55. The summed E-state index contributed by atoms with van der Waals surface area (Å²) in [6.45, 7) is 2.13.